The van der Waals surface area contributed by atoms with Gasteiger partial charge in [-0.3, -0.25) is 4.79 Å². The zero-order valence-corrected chi connectivity index (χ0v) is 12.2. The zero-order valence-electron chi connectivity index (χ0n) is 12.2. The first-order chi connectivity index (χ1) is 10.1. The molecule has 0 unspecified atom stereocenters. The Bertz CT molecular complexity index is 490. The number of amides is 1. The van der Waals surface area contributed by atoms with Gasteiger partial charge in [-0.2, -0.15) is 0 Å². The van der Waals surface area contributed by atoms with Crippen LogP contribution in [0.5, 0.6) is 5.75 Å². The van der Waals surface area contributed by atoms with Crippen molar-refractivity contribution in [2.45, 2.75) is 18.4 Å². The lowest BCUT2D eigenvalue weighted by Crippen LogP contribution is -2.46. The lowest BCUT2D eigenvalue weighted by molar-refractivity contribution is -0.119. The van der Waals surface area contributed by atoms with Crippen molar-refractivity contribution in [3.63, 3.8) is 0 Å². The maximum absolute atomic E-state index is 11.8. The van der Waals surface area contributed by atoms with Crippen LogP contribution in [0.4, 0.5) is 0 Å². The van der Waals surface area contributed by atoms with Crippen LogP contribution < -0.4 is 10.1 Å². The van der Waals surface area contributed by atoms with Crippen LogP contribution in [0.15, 0.2) is 30.3 Å². The summed E-state index contributed by atoms with van der Waals surface area (Å²) in [6.45, 7) is 1.32. The summed E-state index contributed by atoms with van der Waals surface area (Å²) in [5.74, 6) is 0.559. The van der Waals surface area contributed by atoms with E-state index in [1.54, 1.807) is 13.2 Å². The first-order valence-electron chi connectivity index (χ1n) is 7.01. The third-order valence-corrected chi connectivity index (χ3v) is 3.56. The molecule has 2 N–H and O–H groups in total. The highest BCUT2D eigenvalue weighted by Gasteiger charge is 2.29. The number of benzene rings is 1. The van der Waals surface area contributed by atoms with E-state index in [1.807, 2.05) is 24.3 Å². The fraction of sp³-hybridized carbons (Fsp3) is 0.438. The Labute approximate surface area is 124 Å². The highest BCUT2D eigenvalue weighted by Crippen LogP contribution is 2.19. The van der Waals surface area contributed by atoms with E-state index in [0.29, 0.717) is 26.1 Å². The highest BCUT2D eigenvalue weighted by molar-refractivity contribution is 5.91. The van der Waals surface area contributed by atoms with Gasteiger partial charge in [-0.15, -0.1) is 0 Å². The van der Waals surface area contributed by atoms with Crippen molar-refractivity contribution in [3.8, 4) is 5.75 Å². The predicted octanol–water partition coefficient (Wildman–Crippen LogP) is 1.37. The molecule has 0 atom stereocenters. The van der Waals surface area contributed by atoms with E-state index >= 15 is 0 Å². The normalized spacial score (nSPS) is 17.6. The Balaban J connectivity index is 1.81. The second-order valence-corrected chi connectivity index (χ2v) is 5.16. The van der Waals surface area contributed by atoms with E-state index in [9.17, 15) is 9.90 Å². The lowest BCUT2D eigenvalue weighted by Gasteiger charge is -2.31. The molecule has 2 rings (SSSR count). The smallest absolute Gasteiger partial charge is 0.244 e. The minimum absolute atomic E-state index is 0.217. The molecule has 0 bridgehead atoms. The van der Waals surface area contributed by atoms with Gasteiger partial charge in [0.15, 0.2) is 0 Å². The Hall–Kier alpha value is -1.85. The van der Waals surface area contributed by atoms with E-state index in [1.165, 1.54) is 6.08 Å². The number of ether oxygens (including phenoxy) is 2. The number of carbonyl (C=O) groups excluding carboxylic acids is 1. The largest absolute Gasteiger partial charge is 0.497 e. The zero-order chi connectivity index (χ0) is 15.1. The summed E-state index contributed by atoms with van der Waals surface area (Å²) in [5.41, 5.74) is 0.0673. The van der Waals surface area contributed by atoms with Gasteiger partial charge in [0.05, 0.1) is 12.7 Å². The summed E-state index contributed by atoms with van der Waals surface area (Å²) in [7, 11) is 1.61. The second kappa shape index (κ2) is 7.24. The van der Waals surface area contributed by atoms with Crippen molar-refractivity contribution in [2.75, 3.05) is 26.9 Å². The molecule has 114 valence electrons. The first kappa shape index (κ1) is 15.5. The molecule has 0 aliphatic carbocycles. The molecule has 1 heterocycles. The van der Waals surface area contributed by atoms with Crippen molar-refractivity contribution >= 4 is 12.0 Å². The number of rotatable bonds is 5. The van der Waals surface area contributed by atoms with Gasteiger partial charge in [-0.25, -0.2) is 0 Å². The summed E-state index contributed by atoms with van der Waals surface area (Å²) >= 11 is 0. The van der Waals surface area contributed by atoms with Gasteiger partial charge in [-0.05, 0) is 23.8 Å². The molecule has 5 nitrogen and oxygen atoms in total. The molecule has 1 saturated heterocycles. The number of aliphatic hydroxyl groups is 1. The molecule has 21 heavy (non-hydrogen) atoms. The van der Waals surface area contributed by atoms with Crippen molar-refractivity contribution in [3.05, 3.63) is 35.9 Å². The summed E-state index contributed by atoms with van der Waals surface area (Å²) in [6, 6.07) is 7.41. The average Bonchev–Trinajstić information content (AvgIpc) is 2.52. The summed E-state index contributed by atoms with van der Waals surface area (Å²) in [4.78, 5) is 11.8. The summed E-state index contributed by atoms with van der Waals surface area (Å²) < 4.78 is 10.3. The van der Waals surface area contributed by atoms with Crippen molar-refractivity contribution in [1.82, 2.24) is 5.32 Å². The molecule has 1 amide bonds. The molecule has 1 aliphatic rings. The first-order valence-corrected chi connectivity index (χ1v) is 7.01. The molecule has 1 aliphatic heterocycles. The van der Waals surface area contributed by atoms with Gasteiger partial charge in [0, 0.05) is 38.7 Å². The standard InChI is InChI=1S/C16H21NO4/c1-20-14-5-2-13(3-6-14)4-7-15(18)17-12-16(19)8-10-21-11-9-16/h2-7,19H,8-12H2,1H3,(H,17,18)/b7-4+. The van der Waals surface area contributed by atoms with E-state index in [4.69, 9.17) is 9.47 Å². The quantitative estimate of drug-likeness (QED) is 0.804. The van der Waals surface area contributed by atoms with E-state index < -0.39 is 5.60 Å². The van der Waals surface area contributed by atoms with Crippen LogP contribution in [-0.4, -0.2) is 43.5 Å². The van der Waals surface area contributed by atoms with E-state index in [2.05, 4.69) is 5.32 Å². The number of nitrogens with one attached hydrogen (secondary N) is 1. The minimum Gasteiger partial charge on any atom is -0.497 e. The Morgan fingerprint density at radius 2 is 2.05 bits per heavy atom. The van der Waals surface area contributed by atoms with Crippen LogP contribution in [0.2, 0.25) is 0 Å². The molecule has 1 aromatic rings. The van der Waals surface area contributed by atoms with Crippen molar-refractivity contribution in [1.29, 1.82) is 0 Å². The molecule has 0 saturated carbocycles. The predicted molar refractivity (Wildman–Crippen MR) is 80.0 cm³/mol. The van der Waals surface area contributed by atoms with E-state index in [-0.39, 0.29) is 12.5 Å². The fourth-order valence-electron chi connectivity index (χ4n) is 2.13. The topological polar surface area (TPSA) is 67.8 Å². The number of methoxy groups -OCH3 is 1. The van der Waals surface area contributed by atoms with Crippen LogP contribution in [0.1, 0.15) is 18.4 Å². The maximum Gasteiger partial charge on any atom is 0.244 e. The monoisotopic (exact) mass is 291 g/mol. The van der Waals surface area contributed by atoms with Crippen LogP contribution in [-0.2, 0) is 9.53 Å². The SMILES string of the molecule is COc1ccc(/C=C/C(=O)NCC2(O)CCOCC2)cc1. The minimum atomic E-state index is -0.845. The molecule has 0 spiro atoms. The number of hydrogen-bond donors (Lipinski definition) is 2. The van der Waals surface area contributed by atoms with Crippen molar-refractivity contribution in [2.24, 2.45) is 0 Å². The Morgan fingerprint density at radius 3 is 2.67 bits per heavy atom. The average molecular weight is 291 g/mol. The molecule has 1 fully saturated rings. The van der Waals surface area contributed by atoms with Crippen molar-refractivity contribution < 1.29 is 19.4 Å². The van der Waals surface area contributed by atoms with Crippen LogP contribution >= 0.6 is 0 Å². The van der Waals surface area contributed by atoms with Gasteiger partial charge >= 0.3 is 0 Å². The Morgan fingerprint density at radius 1 is 1.38 bits per heavy atom. The van der Waals surface area contributed by atoms with Crippen LogP contribution in [0.25, 0.3) is 6.08 Å². The van der Waals surface area contributed by atoms with Gasteiger partial charge < -0.3 is 19.9 Å². The van der Waals surface area contributed by atoms with Gasteiger partial charge in [-0.1, -0.05) is 12.1 Å². The molecule has 1 aromatic carbocycles. The maximum atomic E-state index is 11.8. The summed E-state index contributed by atoms with van der Waals surface area (Å²) in [6.07, 6.45) is 4.29. The molecular weight excluding hydrogens is 270 g/mol. The fourth-order valence-corrected chi connectivity index (χ4v) is 2.13. The number of hydrogen-bond acceptors (Lipinski definition) is 4. The lowest BCUT2D eigenvalue weighted by atomic mass is 9.94. The van der Waals surface area contributed by atoms with Gasteiger partial charge in [0.2, 0.25) is 5.91 Å². The highest BCUT2D eigenvalue weighted by atomic mass is 16.5. The Kier molecular flexibility index (Phi) is 5.36. The van der Waals surface area contributed by atoms with Gasteiger partial charge in [0.25, 0.3) is 0 Å². The molecule has 0 radical (unpaired) electrons. The molecular formula is C16H21NO4. The third-order valence-electron chi connectivity index (χ3n) is 3.56. The summed E-state index contributed by atoms with van der Waals surface area (Å²) in [5, 5.41) is 13.0. The third kappa shape index (κ3) is 4.88. The van der Waals surface area contributed by atoms with Crippen LogP contribution in [0.3, 0.4) is 0 Å². The van der Waals surface area contributed by atoms with E-state index in [0.717, 1.165) is 11.3 Å². The molecule has 5 heteroatoms. The van der Waals surface area contributed by atoms with Crippen LogP contribution in [0, 0.1) is 0 Å². The molecule has 0 aromatic heterocycles. The van der Waals surface area contributed by atoms with Gasteiger partial charge in [0.1, 0.15) is 5.75 Å². The number of carbonyl (C=O) groups is 1. The second-order valence-electron chi connectivity index (χ2n) is 5.16.